The van der Waals surface area contributed by atoms with E-state index in [1.807, 2.05) is 18.2 Å². The molecule has 2 aromatic rings. The molecule has 5 heteroatoms. The normalized spacial score (nSPS) is 11.5. The van der Waals surface area contributed by atoms with E-state index >= 15 is 0 Å². The van der Waals surface area contributed by atoms with Gasteiger partial charge in [0.2, 0.25) is 0 Å². The predicted octanol–water partition coefficient (Wildman–Crippen LogP) is 1.35. The highest BCUT2D eigenvalue weighted by Crippen LogP contribution is 2.15. The van der Waals surface area contributed by atoms with Crippen molar-refractivity contribution in [2.45, 2.75) is 19.9 Å². The molecule has 18 heavy (non-hydrogen) atoms. The molecule has 1 aromatic heterocycles. The molecule has 2 rings (SSSR count). The van der Waals surface area contributed by atoms with Crippen LogP contribution in [0.15, 0.2) is 18.2 Å². The van der Waals surface area contributed by atoms with Crippen molar-refractivity contribution < 1.29 is 5.11 Å². The van der Waals surface area contributed by atoms with Crippen LogP contribution in [0.25, 0.3) is 11.0 Å². The number of nitrogen functional groups attached to an aromatic ring is 1. The molecule has 0 bridgehead atoms. The monoisotopic (exact) mass is 248 g/mol. The number of nitrogens with zero attached hydrogens (tertiary/aromatic N) is 2. The summed E-state index contributed by atoms with van der Waals surface area (Å²) in [4.78, 5) is 10.1. The summed E-state index contributed by atoms with van der Waals surface area (Å²) < 4.78 is 0. The number of aliphatic hydroxyl groups excluding tert-OH is 1. The van der Waals surface area contributed by atoms with Crippen LogP contribution in [0.2, 0.25) is 0 Å². The summed E-state index contributed by atoms with van der Waals surface area (Å²) in [6.07, 6.45) is 0.793. The minimum absolute atomic E-state index is 0.229. The molecular formula is C13H20N4O. The van der Waals surface area contributed by atoms with E-state index in [-0.39, 0.29) is 6.61 Å². The van der Waals surface area contributed by atoms with Crippen LogP contribution in [0.1, 0.15) is 19.2 Å². The first-order valence-corrected chi connectivity index (χ1v) is 6.30. The van der Waals surface area contributed by atoms with Crippen molar-refractivity contribution in [2.75, 3.05) is 25.4 Å². The summed E-state index contributed by atoms with van der Waals surface area (Å²) in [7, 11) is 0. The van der Waals surface area contributed by atoms with Crippen molar-refractivity contribution in [3.05, 3.63) is 24.0 Å². The van der Waals surface area contributed by atoms with Gasteiger partial charge in [0.05, 0.1) is 17.6 Å². The van der Waals surface area contributed by atoms with Gasteiger partial charge in [-0.15, -0.1) is 0 Å². The van der Waals surface area contributed by atoms with Crippen LogP contribution in [0.4, 0.5) is 5.69 Å². The zero-order chi connectivity index (χ0) is 13.0. The van der Waals surface area contributed by atoms with E-state index in [1.54, 1.807) is 0 Å². The molecule has 0 amide bonds. The molecule has 0 fully saturated rings. The van der Waals surface area contributed by atoms with Crippen molar-refractivity contribution in [3.8, 4) is 0 Å². The van der Waals surface area contributed by atoms with Crippen LogP contribution in [0.5, 0.6) is 0 Å². The first-order valence-electron chi connectivity index (χ1n) is 6.30. The molecule has 1 aromatic carbocycles. The van der Waals surface area contributed by atoms with Crippen molar-refractivity contribution in [1.82, 2.24) is 14.9 Å². The van der Waals surface area contributed by atoms with Crippen molar-refractivity contribution in [1.29, 1.82) is 0 Å². The minimum atomic E-state index is 0.229. The second-order valence-corrected chi connectivity index (χ2v) is 4.41. The van der Waals surface area contributed by atoms with Crippen LogP contribution < -0.4 is 5.73 Å². The number of nitrogens with two attached hydrogens (primary N) is 1. The molecule has 0 saturated carbocycles. The van der Waals surface area contributed by atoms with E-state index in [9.17, 15) is 0 Å². The number of aromatic nitrogens is 2. The second kappa shape index (κ2) is 5.84. The zero-order valence-corrected chi connectivity index (χ0v) is 10.7. The Hall–Kier alpha value is -1.59. The lowest BCUT2D eigenvalue weighted by molar-refractivity contribution is 0.222. The molecular weight excluding hydrogens is 228 g/mol. The minimum Gasteiger partial charge on any atom is -0.399 e. The number of H-pyrrole nitrogens is 1. The number of hydrogen-bond acceptors (Lipinski definition) is 4. The number of anilines is 1. The van der Waals surface area contributed by atoms with E-state index in [0.29, 0.717) is 0 Å². The van der Waals surface area contributed by atoms with Gasteiger partial charge in [0.15, 0.2) is 0 Å². The largest absolute Gasteiger partial charge is 0.399 e. The molecule has 0 unspecified atom stereocenters. The van der Waals surface area contributed by atoms with E-state index in [4.69, 9.17) is 10.8 Å². The molecule has 4 N–H and O–H groups in total. The lowest BCUT2D eigenvalue weighted by Crippen LogP contribution is -2.25. The summed E-state index contributed by atoms with van der Waals surface area (Å²) in [5, 5.41) is 8.86. The summed E-state index contributed by atoms with van der Waals surface area (Å²) in [6, 6.07) is 5.68. The average Bonchev–Trinajstić information content (AvgIpc) is 2.75. The second-order valence-electron chi connectivity index (χ2n) is 4.41. The zero-order valence-electron chi connectivity index (χ0n) is 10.7. The van der Waals surface area contributed by atoms with E-state index in [2.05, 4.69) is 21.8 Å². The maximum atomic E-state index is 8.86. The first-order chi connectivity index (χ1) is 8.72. The van der Waals surface area contributed by atoms with Crippen molar-refractivity contribution in [2.24, 2.45) is 0 Å². The fourth-order valence-electron chi connectivity index (χ4n) is 2.01. The van der Waals surface area contributed by atoms with Gasteiger partial charge in [0, 0.05) is 18.8 Å². The van der Waals surface area contributed by atoms with Crippen LogP contribution in [0, 0.1) is 0 Å². The van der Waals surface area contributed by atoms with Gasteiger partial charge < -0.3 is 15.8 Å². The summed E-state index contributed by atoms with van der Waals surface area (Å²) >= 11 is 0. The molecule has 5 nitrogen and oxygen atoms in total. The Kier molecular flexibility index (Phi) is 4.17. The molecule has 0 spiro atoms. The highest BCUT2D eigenvalue weighted by molar-refractivity contribution is 5.78. The molecule has 98 valence electrons. The summed E-state index contributed by atoms with van der Waals surface area (Å²) in [6.45, 7) is 4.93. The smallest absolute Gasteiger partial charge is 0.121 e. The van der Waals surface area contributed by atoms with E-state index in [0.717, 1.165) is 48.6 Å². The molecule has 0 aliphatic heterocycles. The van der Waals surface area contributed by atoms with Gasteiger partial charge in [-0.05, 0) is 31.2 Å². The van der Waals surface area contributed by atoms with Crippen LogP contribution in [0.3, 0.4) is 0 Å². The Morgan fingerprint density at radius 3 is 3.00 bits per heavy atom. The molecule has 0 saturated heterocycles. The quantitative estimate of drug-likeness (QED) is 0.674. The molecule has 1 heterocycles. The Labute approximate surface area is 107 Å². The lowest BCUT2D eigenvalue weighted by atomic mass is 10.3. The van der Waals surface area contributed by atoms with Crippen molar-refractivity contribution in [3.63, 3.8) is 0 Å². The van der Waals surface area contributed by atoms with Gasteiger partial charge in [0.1, 0.15) is 5.82 Å². The first kappa shape index (κ1) is 12.9. The third-order valence-corrected chi connectivity index (χ3v) is 3.01. The number of aliphatic hydroxyl groups is 1. The van der Waals surface area contributed by atoms with Gasteiger partial charge in [-0.3, -0.25) is 4.90 Å². The van der Waals surface area contributed by atoms with Gasteiger partial charge >= 0.3 is 0 Å². The predicted molar refractivity (Wildman–Crippen MR) is 73.2 cm³/mol. The van der Waals surface area contributed by atoms with Gasteiger partial charge in [-0.25, -0.2) is 4.98 Å². The number of hydrogen-bond donors (Lipinski definition) is 3. The summed E-state index contributed by atoms with van der Waals surface area (Å²) in [5.74, 6) is 0.940. The Morgan fingerprint density at radius 2 is 2.28 bits per heavy atom. The number of imidazole rings is 1. The average molecular weight is 248 g/mol. The third kappa shape index (κ3) is 3.00. The third-order valence-electron chi connectivity index (χ3n) is 3.01. The number of benzene rings is 1. The topological polar surface area (TPSA) is 78.2 Å². The van der Waals surface area contributed by atoms with Gasteiger partial charge in [0.25, 0.3) is 0 Å². The van der Waals surface area contributed by atoms with Gasteiger partial charge in [-0.2, -0.15) is 0 Å². The fraction of sp³-hybridized carbons (Fsp3) is 0.462. The Bertz CT molecular complexity index is 509. The molecule has 0 aliphatic rings. The molecule has 0 atom stereocenters. The maximum absolute atomic E-state index is 8.86. The SMILES string of the molecule is CCN(CCCO)Cc1nc2ccc(N)cc2[nH]1. The maximum Gasteiger partial charge on any atom is 0.121 e. The fourth-order valence-corrected chi connectivity index (χ4v) is 2.01. The summed E-state index contributed by atoms with van der Waals surface area (Å²) in [5.41, 5.74) is 8.40. The number of rotatable bonds is 6. The standard InChI is InChI=1S/C13H20N4O/c1-2-17(6-3-7-18)9-13-15-11-5-4-10(14)8-12(11)16-13/h4-5,8,18H,2-3,6-7,9,14H2,1H3,(H,15,16). The highest BCUT2D eigenvalue weighted by Gasteiger charge is 2.07. The lowest BCUT2D eigenvalue weighted by Gasteiger charge is -2.18. The number of nitrogens with one attached hydrogen (secondary N) is 1. The number of aromatic amines is 1. The number of fused-ring (bicyclic) bond motifs is 1. The highest BCUT2D eigenvalue weighted by atomic mass is 16.3. The van der Waals surface area contributed by atoms with Crippen molar-refractivity contribution >= 4 is 16.7 Å². The Morgan fingerprint density at radius 1 is 1.44 bits per heavy atom. The van der Waals surface area contributed by atoms with Gasteiger partial charge in [-0.1, -0.05) is 6.92 Å². The van der Waals surface area contributed by atoms with Crippen LogP contribution >= 0.6 is 0 Å². The van der Waals surface area contributed by atoms with Crippen LogP contribution in [-0.4, -0.2) is 39.7 Å². The van der Waals surface area contributed by atoms with E-state index in [1.165, 1.54) is 0 Å². The van der Waals surface area contributed by atoms with Crippen LogP contribution in [-0.2, 0) is 6.54 Å². The molecule has 0 radical (unpaired) electrons. The molecule has 0 aliphatic carbocycles. The van der Waals surface area contributed by atoms with E-state index < -0.39 is 0 Å². The Balaban J connectivity index is 2.10.